The summed E-state index contributed by atoms with van der Waals surface area (Å²) in [6, 6.07) is 16.2. The fourth-order valence-electron chi connectivity index (χ4n) is 7.36. The van der Waals surface area contributed by atoms with Gasteiger partial charge in [0, 0.05) is 62.7 Å². The number of piperazine rings is 1. The molecule has 2 aliphatic rings. The Hall–Kier alpha value is -4.92. The molecule has 14 heteroatoms. The number of benzene rings is 2. The molecule has 6 rings (SSSR count). The van der Waals surface area contributed by atoms with Gasteiger partial charge < -0.3 is 31.7 Å². The predicted molar refractivity (Wildman–Crippen MR) is 212 cm³/mol. The number of amides is 2. The number of hydrogen-bond donors (Lipinski definition) is 4. The Balaban J connectivity index is 1.06. The van der Waals surface area contributed by atoms with E-state index in [0.717, 1.165) is 32.9 Å². The number of hydrogen-bond acceptors (Lipinski definition) is 12. The number of para-hydroxylation sites is 1. The van der Waals surface area contributed by atoms with Crippen molar-refractivity contribution in [2.24, 2.45) is 11.3 Å². The number of likely N-dealkylation sites (tertiary alicyclic amines) is 1. The second kappa shape index (κ2) is 16.2. The van der Waals surface area contributed by atoms with Gasteiger partial charge in [0.25, 0.3) is 0 Å². The SMILES string of the molecule is Cc1ncsc1-c1ccc([C@H](C)NC(=O)[C@@H]2C[C@@H](O)CN2C(=O)[C@@H](CC(=O)CN2CCN(c3cc(-c4ccccc4N)nnc3N)CC2)C(C)(C)C)cc1. The van der Waals surface area contributed by atoms with Gasteiger partial charge in [0.2, 0.25) is 11.8 Å². The average Bonchev–Trinajstić information content (AvgIpc) is 3.76. The first-order chi connectivity index (χ1) is 25.7. The van der Waals surface area contributed by atoms with Gasteiger partial charge in [-0.25, -0.2) is 4.98 Å². The Morgan fingerprint density at radius 2 is 1.72 bits per heavy atom. The summed E-state index contributed by atoms with van der Waals surface area (Å²) >= 11 is 1.59. The molecule has 2 fully saturated rings. The van der Waals surface area contributed by atoms with E-state index in [1.54, 1.807) is 11.3 Å². The van der Waals surface area contributed by atoms with Gasteiger partial charge in [-0.3, -0.25) is 19.3 Å². The molecule has 4 heterocycles. The number of carbonyl (C=O) groups excluding carboxylic acids is 3. The number of nitrogens with one attached hydrogen (secondary N) is 1. The average molecular weight is 754 g/mol. The van der Waals surface area contributed by atoms with Crippen LogP contribution in [0.1, 0.15) is 57.8 Å². The highest BCUT2D eigenvalue weighted by molar-refractivity contribution is 7.13. The first-order valence-corrected chi connectivity index (χ1v) is 19.3. The number of thiazole rings is 1. The van der Waals surface area contributed by atoms with Crippen LogP contribution < -0.4 is 21.7 Å². The summed E-state index contributed by atoms with van der Waals surface area (Å²) in [5.41, 5.74) is 19.5. The lowest BCUT2D eigenvalue weighted by molar-refractivity contribution is -0.146. The summed E-state index contributed by atoms with van der Waals surface area (Å²) in [4.78, 5) is 52.7. The van der Waals surface area contributed by atoms with Gasteiger partial charge in [0.15, 0.2) is 5.82 Å². The molecular weight excluding hydrogens is 703 g/mol. The number of nitrogens with two attached hydrogens (primary N) is 2. The minimum atomic E-state index is -0.837. The van der Waals surface area contributed by atoms with Gasteiger partial charge >= 0.3 is 0 Å². The molecule has 0 aliphatic carbocycles. The number of nitrogens with zero attached hydrogens (tertiary/aromatic N) is 6. The molecule has 6 N–H and O–H groups in total. The number of β-amino-alcohol motifs (C(OH)–C–C–N with tert-alkyl or cyclic N) is 1. The lowest BCUT2D eigenvalue weighted by Crippen LogP contribution is -2.51. The summed E-state index contributed by atoms with van der Waals surface area (Å²) in [5.74, 6) is -0.997. The summed E-state index contributed by atoms with van der Waals surface area (Å²) in [6.07, 6.45) is -0.657. The predicted octanol–water partition coefficient (Wildman–Crippen LogP) is 4.32. The number of Topliss-reactive ketones (excluding diaryl/α,β-unsaturated/α-hetero) is 1. The molecule has 2 aromatic carbocycles. The molecular formula is C40H51N9O4S. The molecule has 4 atom stereocenters. The highest BCUT2D eigenvalue weighted by Gasteiger charge is 2.44. The van der Waals surface area contributed by atoms with Gasteiger partial charge in [-0.1, -0.05) is 63.2 Å². The molecule has 0 saturated carbocycles. The van der Waals surface area contributed by atoms with Crippen molar-refractivity contribution < 1.29 is 19.5 Å². The van der Waals surface area contributed by atoms with Crippen molar-refractivity contribution in [1.29, 1.82) is 0 Å². The van der Waals surface area contributed by atoms with Gasteiger partial charge in [0.1, 0.15) is 11.8 Å². The van der Waals surface area contributed by atoms with Crippen LogP contribution in [0.15, 0.2) is 60.1 Å². The zero-order valence-electron chi connectivity index (χ0n) is 31.7. The third-order valence-electron chi connectivity index (χ3n) is 10.6. The highest BCUT2D eigenvalue weighted by atomic mass is 32.1. The molecule has 4 aromatic rings. The number of aromatic nitrogens is 3. The number of rotatable bonds is 11. The van der Waals surface area contributed by atoms with Crippen molar-refractivity contribution in [3.8, 4) is 21.7 Å². The molecule has 0 bridgehead atoms. The molecule has 2 aromatic heterocycles. The van der Waals surface area contributed by atoms with Crippen LogP contribution in [0.2, 0.25) is 0 Å². The smallest absolute Gasteiger partial charge is 0.243 e. The molecule has 0 spiro atoms. The Labute approximate surface area is 320 Å². The standard InChI is InChI=1S/C40H51N9O4S/c1-24(26-10-12-27(13-11-26)36-25(2)43-23-54-36)44-38(52)35-19-29(51)22-49(35)39(53)31(40(3,4)5)18-28(50)21-47-14-16-48(17-15-47)34-20-33(45-46-37(34)42)30-8-6-7-9-32(30)41/h6-13,20,23-24,29,31,35,51H,14-19,21-22,41H2,1-5H3,(H2,42,46)(H,44,52)/t24-,29+,31+,35-/m0/s1. The summed E-state index contributed by atoms with van der Waals surface area (Å²) in [5, 5.41) is 22.2. The fourth-order valence-corrected chi connectivity index (χ4v) is 8.17. The van der Waals surface area contributed by atoms with Gasteiger partial charge in [-0.05, 0) is 42.5 Å². The zero-order chi connectivity index (χ0) is 38.7. The van der Waals surface area contributed by atoms with Crippen LogP contribution in [-0.2, 0) is 14.4 Å². The van der Waals surface area contributed by atoms with Gasteiger partial charge in [-0.15, -0.1) is 21.5 Å². The Morgan fingerprint density at radius 1 is 1.02 bits per heavy atom. The van der Waals surface area contributed by atoms with Crippen LogP contribution in [0.4, 0.5) is 17.2 Å². The lowest BCUT2D eigenvalue weighted by Gasteiger charge is -2.37. The summed E-state index contributed by atoms with van der Waals surface area (Å²) < 4.78 is 0. The fraction of sp³-hybridized carbons (Fsp3) is 0.450. The Bertz CT molecular complexity index is 1970. The van der Waals surface area contributed by atoms with E-state index in [-0.39, 0.29) is 49.6 Å². The third-order valence-corrected chi connectivity index (χ3v) is 11.5. The zero-order valence-corrected chi connectivity index (χ0v) is 32.5. The molecule has 54 heavy (non-hydrogen) atoms. The molecule has 0 radical (unpaired) electrons. The topological polar surface area (TPSA) is 184 Å². The Morgan fingerprint density at radius 3 is 2.37 bits per heavy atom. The third kappa shape index (κ3) is 8.72. The van der Waals surface area contributed by atoms with Crippen molar-refractivity contribution in [1.82, 2.24) is 30.3 Å². The molecule has 2 amide bonds. The highest BCUT2D eigenvalue weighted by Crippen LogP contribution is 2.35. The van der Waals surface area contributed by atoms with Crippen LogP contribution in [0.5, 0.6) is 0 Å². The van der Waals surface area contributed by atoms with Crippen LogP contribution in [0, 0.1) is 18.3 Å². The molecule has 13 nitrogen and oxygen atoms in total. The van der Waals surface area contributed by atoms with Crippen LogP contribution in [-0.4, -0.2) is 99.1 Å². The summed E-state index contributed by atoms with van der Waals surface area (Å²) in [7, 11) is 0. The van der Waals surface area contributed by atoms with Crippen LogP contribution >= 0.6 is 11.3 Å². The largest absolute Gasteiger partial charge is 0.398 e. The van der Waals surface area contributed by atoms with E-state index in [0.29, 0.717) is 43.4 Å². The van der Waals surface area contributed by atoms with E-state index in [2.05, 4.69) is 30.3 Å². The minimum absolute atomic E-state index is 0.0363. The number of aliphatic hydroxyl groups excluding tert-OH is 1. The minimum Gasteiger partial charge on any atom is -0.398 e. The monoisotopic (exact) mass is 753 g/mol. The van der Waals surface area contributed by atoms with Crippen LogP contribution in [0.25, 0.3) is 21.7 Å². The quantitative estimate of drug-likeness (QED) is 0.160. The number of anilines is 3. The number of ketones is 1. The number of carbonyl (C=O) groups is 3. The van der Waals surface area contributed by atoms with E-state index in [9.17, 15) is 19.5 Å². The second-order valence-corrected chi connectivity index (χ2v) is 16.4. The van der Waals surface area contributed by atoms with Crippen molar-refractivity contribution in [3.63, 3.8) is 0 Å². The molecule has 2 aliphatic heterocycles. The van der Waals surface area contributed by atoms with E-state index in [1.807, 2.05) is 94.7 Å². The molecule has 2 saturated heterocycles. The Kier molecular flexibility index (Phi) is 11.6. The maximum absolute atomic E-state index is 14.2. The molecule has 0 unspecified atom stereocenters. The first kappa shape index (κ1) is 38.8. The van der Waals surface area contributed by atoms with Crippen LogP contribution in [0.3, 0.4) is 0 Å². The van der Waals surface area contributed by atoms with Crippen molar-refractivity contribution in [3.05, 3.63) is 71.4 Å². The van der Waals surface area contributed by atoms with Crippen molar-refractivity contribution in [2.45, 2.75) is 65.6 Å². The van der Waals surface area contributed by atoms with E-state index in [4.69, 9.17) is 11.5 Å². The normalized spacial score (nSPS) is 19.1. The van der Waals surface area contributed by atoms with Gasteiger partial charge in [-0.2, -0.15) is 0 Å². The first-order valence-electron chi connectivity index (χ1n) is 18.5. The van der Waals surface area contributed by atoms with Crippen molar-refractivity contribution in [2.75, 3.05) is 55.6 Å². The van der Waals surface area contributed by atoms with Crippen molar-refractivity contribution >= 4 is 46.1 Å². The van der Waals surface area contributed by atoms with E-state index < -0.39 is 23.5 Å². The molecule has 286 valence electrons. The number of aliphatic hydroxyl groups is 1. The number of aryl methyl sites for hydroxylation is 1. The van der Waals surface area contributed by atoms with Gasteiger partial charge in [0.05, 0.1) is 46.2 Å². The number of nitrogen functional groups attached to an aromatic ring is 2. The van der Waals surface area contributed by atoms with E-state index >= 15 is 0 Å². The lowest BCUT2D eigenvalue weighted by atomic mass is 9.76. The van der Waals surface area contributed by atoms with E-state index in [1.165, 1.54) is 4.90 Å². The maximum Gasteiger partial charge on any atom is 0.243 e. The maximum atomic E-state index is 14.2. The summed E-state index contributed by atoms with van der Waals surface area (Å²) in [6.45, 7) is 12.4. The second-order valence-electron chi connectivity index (χ2n) is 15.5.